The quantitative estimate of drug-likeness (QED) is 0.898. The van der Waals surface area contributed by atoms with Crippen LogP contribution in [0.15, 0.2) is 36.4 Å². The van der Waals surface area contributed by atoms with Gasteiger partial charge in [-0.2, -0.15) is 5.26 Å². The van der Waals surface area contributed by atoms with E-state index in [4.69, 9.17) is 10.4 Å². The van der Waals surface area contributed by atoms with Crippen molar-refractivity contribution in [2.75, 3.05) is 5.32 Å². The van der Waals surface area contributed by atoms with Gasteiger partial charge in [0.15, 0.2) is 11.6 Å². The molecule has 2 rings (SSSR count). The van der Waals surface area contributed by atoms with E-state index < -0.39 is 23.4 Å². The summed E-state index contributed by atoms with van der Waals surface area (Å²) < 4.78 is 26.6. The average molecular weight is 274 g/mol. The van der Waals surface area contributed by atoms with Crippen molar-refractivity contribution in [1.29, 1.82) is 5.26 Å². The van der Waals surface area contributed by atoms with Crippen LogP contribution in [-0.4, -0.2) is 5.11 Å². The lowest BCUT2D eigenvalue weighted by molar-refractivity contribution is 0.431. The maximum absolute atomic E-state index is 13.3. The molecule has 1 unspecified atom stereocenters. The number of benzene rings is 2. The van der Waals surface area contributed by atoms with Crippen molar-refractivity contribution in [2.24, 2.45) is 0 Å². The van der Waals surface area contributed by atoms with E-state index in [9.17, 15) is 8.78 Å². The van der Waals surface area contributed by atoms with Crippen molar-refractivity contribution in [1.82, 2.24) is 0 Å². The molecular weight excluding hydrogens is 262 g/mol. The van der Waals surface area contributed by atoms with Gasteiger partial charge in [-0.3, -0.25) is 0 Å². The van der Waals surface area contributed by atoms with E-state index in [1.807, 2.05) is 6.07 Å². The zero-order valence-corrected chi connectivity index (χ0v) is 10.7. The molecular formula is C15H12F2N2O. The number of aromatic hydroxyl groups is 1. The number of nitriles is 1. The molecule has 2 N–H and O–H groups in total. The maximum Gasteiger partial charge on any atom is 0.165 e. The van der Waals surface area contributed by atoms with E-state index >= 15 is 0 Å². The number of halogens is 2. The Bertz CT molecular complexity index is 660. The molecule has 5 heteroatoms. The predicted molar refractivity (Wildman–Crippen MR) is 71.2 cm³/mol. The Kier molecular flexibility index (Phi) is 3.85. The summed E-state index contributed by atoms with van der Waals surface area (Å²) in [6.07, 6.45) is 0. The second-order valence-corrected chi connectivity index (χ2v) is 4.43. The zero-order valence-electron chi connectivity index (χ0n) is 10.7. The Balaban J connectivity index is 2.29. The van der Waals surface area contributed by atoms with Gasteiger partial charge in [0.1, 0.15) is 11.9 Å². The van der Waals surface area contributed by atoms with Crippen molar-refractivity contribution in [2.45, 2.75) is 13.0 Å². The van der Waals surface area contributed by atoms with E-state index in [0.717, 1.165) is 6.07 Å². The largest absolute Gasteiger partial charge is 0.505 e. The van der Waals surface area contributed by atoms with Gasteiger partial charge >= 0.3 is 0 Å². The summed E-state index contributed by atoms with van der Waals surface area (Å²) in [5, 5.41) is 21.1. The highest BCUT2D eigenvalue weighted by Crippen LogP contribution is 2.24. The first kappa shape index (κ1) is 13.8. The first-order valence-corrected chi connectivity index (χ1v) is 5.91. The Hall–Kier alpha value is -2.61. The molecule has 20 heavy (non-hydrogen) atoms. The molecule has 0 saturated heterocycles. The number of nitrogens with one attached hydrogen (secondary N) is 1. The Morgan fingerprint density at radius 1 is 1.20 bits per heavy atom. The number of hydrogen-bond donors (Lipinski definition) is 2. The number of hydrogen-bond acceptors (Lipinski definition) is 3. The predicted octanol–water partition coefficient (Wildman–Crippen LogP) is 3.66. The number of rotatable bonds is 3. The van der Waals surface area contributed by atoms with Crippen LogP contribution in [0.1, 0.15) is 17.2 Å². The van der Waals surface area contributed by atoms with Gasteiger partial charge in [-0.25, -0.2) is 8.78 Å². The lowest BCUT2D eigenvalue weighted by atomic mass is 10.1. The van der Waals surface area contributed by atoms with Gasteiger partial charge in [0.2, 0.25) is 0 Å². The molecule has 102 valence electrons. The first-order chi connectivity index (χ1) is 9.49. The van der Waals surface area contributed by atoms with Crippen LogP contribution >= 0.6 is 0 Å². The van der Waals surface area contributed by atoms with E-state index in [-0.39, 0.29) is 0 Å². The van der Waals surface area contributed by atoms with Crippen LogP contribution < -0.4 is 5.32 Å². The maximum atomic E-state index is 13.3. The second kappa shape index (κ2) is 5.57. The van der Waals surface area contributed by atoms with Gasteiger partial charge < -0.3 is 10.4 Å². The Morgan fingerprint density at radius 2 is 1.95 bits per heavy atom. The van der Waals surface area contributed by atoms with Crippen molar-refractivity contribution in [3.63, 3.8) is 0 Å². The highest BCUT2D eigenvalue weighted by atomic mass is 19.1. The second-order valence-electron chi connectivity index (χ2n) is 4.43. The van der Waals surface area contributed by atoms with Crippen LogP contribution in [0.5, 0.6) is 5.75 Å². The molecule has 0 bridgehead atoms. The minimum atomic E-state index is -0.841. The third-order valence-electron chi connectivity index (χ3n) is 2.79. The number of phenols is 1. The SMILES string of the molecule is Cc1cc(F)cc(NC(C#N)c2ccc(O)c(F)c2)c1. The van der Waals surface area contributed by atoms with Crippen molar-refractivity contribution < 1.29 is 13.9 Å². The molecule has 0 spiro atoms. The van der Waals surface area contributed by atoms with Crippen LogP contribution in [0.4, 0.5) is 14.5 Å². The lowest BCUT2D eigenvalue weighted by Crippen LogP contribution is -2.09. The van der Waals surface area contributed by atoms with E-state index in [1.54, 1.807) is 13.0 Å². The summed E-state index contributed by atoms with van der Waals surface area (Å²) in [4.78, 5) is 0. The molecule has 0 fully saturated rings. The molecule has 1 atom stereocenters. The van der Waals surface area contributed by atoms with Crippen LogP contribution in [0.2, 0.25) is 0 Å². The van der Waals surface area contributed by atoms with Crippen LogP contribution in [0.3, 0.4) is 0 Å². The number of aryl methyl sites for hydroxylation is 1. The fourth-order valence-electron chi connectivity index (χ4n) is 1.88. The molecule has 0 aromatic heterocycles. The van der Waals surface area contributed by atoms with Gasteiger partial charge in [0.25, 0.3) is 0 Å². The summed E-state index contributed by atoms with van der Waals surface area (Å²) in [6.45, 7) is 1.73. The molecule has 0 heterocycles. The van der Waals surface area contributed by atoms with Gasteiger partial charge in [-0.15, -0.1) is 0 Å². The molecule has 2 aromatic carbocycles. The monoisotopic (exact) mass is 274 g/mol. The topological polar surface area (TPSA) is 56.0 Å². The molecule has 0 aliphatic carbocycles. The van der Waals surface area contributed by atoms with Crippen molar-refractivity contribution in [3.05, 3.63) is 59.2 Å². The molecule has 0 radical (unpaired) electrons. The molecule has 0 saturated carbocycles. The number of anilines is 1. The van der Waals surface area contributed by atoms with Gasteiger partial charge in [0, 0.05) is 5.69 Å². The highest BCUT2D eigenvalue weighted by Gasteiger charge is 2.13. The Labute approximate surface area is 115 Å². The molecule has 3 nitrogen and oxygen atoms in total. The van der Waals surface area contributed by atoms with Crippen LogP contribution in [-0.2, 0) is 0 Å². The van der Waals surface area contributed by atoms with Gasteiger partial charge in [0.05, 0.1) is 6.07 Å². The standard InChI is InChI=1S/C15H12F2N2O/c1-9-4-11(16)7-12(5-9)19-14(8-18)10-2-3-15(20)13(17)6-10/h2-7,14,19-20H,1H3. The first-order valence-electron chi connectivity index (χ1n) is 5.91. The molecule has 0 amide bonds. The van der Waals surface area contributed by atoms with Crippen molar-refractivity contribution in [3.8, 4) is 11.8 Å². The summed E-state index contributed by atoms with van der Waals surface area (Å²) in [5.74, 6) is -1.70. The van der Waals surface area contributed by atoms with Crippen molar-refractivity contribution >= 4 is 5.69 Å². The summed E-state index contributed by atoms with van der Waals surface area (Å²) in [7, 11) is 0. The zero-order chi connectivity index (χ0) is 14.7. The fourth-order valence-corrected chi connectivity index (χ4v) is 1.88. The average Bonchev–Trinajstić information content (AvgIpc) is 2.38. The van der Waals surface area contributed by atoms with E-state index in [1.165, 1.54) is 24.3 Å². The number of phenolic OH excluding ortho intramolecular Hbond substituents is 1. The third-order valence-corrected chi connectivity index (χ3v) is 2.79. The third kappa shape index (κ3) is 3.04. The normalized spacial score (nSPS) is 11.7. The van der Waals surface area contributed by atoms with E-state index in [2.05, 4.69) is 5.32 Å². The summed E-state index contributed by atoms with van der Waals surface area (Å²) in [5.41, 5.74) is 1.49. The lowest BCUT2D eigenvalue weighted by Gasteiger charge is -2.14. The summed E-state index contributed by atoms with van der Waals surface area (Å²) in [6, 6.07) is 9.12. The van der Waals surface area contributed by atoms with Crippen LogP contribution in [0, 0.1) is 29.9 Å². The number of nitrogens with zero attached hydrogens (tertiary/aromatic N) is 1. The fraction of sp³-hybridized carbons (Fsp3) is 0.133. The Morgan fingerprint density at radius 3 is 2.55 bits per heavy atom. The minimum Gasteiger partial charge on any atom is -0.505 e. The molecule has 0 aliphatic rings. The van der Waals surface area contributed by atoms with E-state index in [0.29, 0.717) is 16.8 Å². The summed E-state index contributed by atoms with van der Waals surface area (Å²) >= 11 is 0. The van der Waals surface area contributed by atoms with Gasteiger partial charge in [-0.1, -0.05) is 6.07 Å². The van der Waals surface area contributed by atoms with Crippen LogP contribution in [0.25, 0.3) is 0 Å². The molecule has 0 aliphatic heterocycles. The minimum absolute atomic E-state index is 0.352. The molecule has 2 aromatic rings. The van der Waals surface area contributed by atoms with Gasteiger partial charge in [-0.05, 0) is 48.4 Å². The highest BCUT2D eigenvalue weighted by molar-refractivity contribution is 5.50. The smallest absolute Gasteiger partial charge is 0.165 e.